The Morgan fingerprint density at radius 3 is 2.95 bits per heavy atom. The van der Waals surface area contributed by atoms with Gasteiger partial charge in [-0.05, 0) is 43.4 Å². The molecule has 1 N–H and O–H groups in total. The van der Waals surface area contributed by atoms with Crippen molar-refractivity contribution in [2.45, 2.75) is 51.6 Å². The summed E-state index contributed by atoms with van der Waals surface area (Å²) in [5.74, 6) is 0.895. The van der Waals surface area contributed by atoms with Crippen molar-refractivity contribution in [1.82, 2.24) is 5.32 Å². The second-order valence-corrected chi connectivity index (χ2v) is 6.53. The molecule has 110 valence electrons. The average Bonchev–Trinajstić information content (AvgIpc) is 2.89. The molecule has 0 bridgehead atoms. The van der Waals surface area contributed by atoms with Crippen LogP contribution >= 0.6 is 11.6 Å². The highest BCUT2D eigenvalue weighted by Crippen LogP contribution is 2.42. The molecule has 1 saturated heterocycles. The first-order chi connectivity index (χ1) is 9.81. The molecule has 1 aromatic carbocycles. The van der Waals surface area contributed by atoms with Crippen LogP contribution in [0.5, 0.6) is 0 Å². The number of rotatable bonds is 4. The summed E-state index contributed by atoms with van der Waals surface area (Å²) in [4.78, 5) is 2.61. The van der Waals surface area contributed by atoms with E-state index < -0.39 is 0 Å². The molecule has 20 heavy (non-hydrogen) atoms. The molecule has 1 heterocycles. The first-order valence-corrected chi connectivity index (χ1v) is 8.43. The molecule has 0 radical (unpaired) electrons. The van der Waals surface area contributed by atoms with Gasteiger partial charge in [-0.2, -0.15) is 0 Å². The summed E-state index contributed by atoms with van der Waals surface area (Å²) in [5, 5.41) is 4.37. The first kappa shape index (κ1) is 14.2. The molecule has 2 nitrogen and oxygen atoms in total. The van der Waals surface area contributed by atoms with Crippen LogP contribution in [0.25, 0.3) is 0 Å². The highest BCUT2D eigenvalue weighted by molar-refractivity contribution is 6.33. The summed E-state index contributed by atoms with van der Waals surface area (Å²) in [7, 11) is 0. The molecule has 2 fully saturated rings. The minimum Gasteiger partial charge on any atom is -0.367 e. The third-order valence-corrected chi connectivity index (χ3v) is 5.24. The van der Waals surface area contributed by atoms with E-state index in [9.17, 15) is 0 Å². The lowest BCUT2D eigenvalue weighted by Crippen LogP contribution is -2.35. The molecular formula is C17H25ClN2. The minimum absolute atomic E-state index is 0.726. The van der Waals surface area contributed by atoms with Crippen LogP contribution in [0.2, 0.25) is 5.02 Å². The molecule has 1 saturated carbocycles. The standard InChI is InChI=1S/C17H25ClN2/c1-2-19-12-14-7-5-8-15(18)17(14)20-11-10-13-6-3-4-9-16(13)20/h5,7-8,13,16,19H,2-4,6,9-12H2,1H3. The molecule has 2 unspecified atom stereocenters. The zero-order valence-corrected chi connectivity index (χ0v) is 13.1. The molecule has 1 aliphatic heterocycles. The molecule has 3 rings (SSSR count). The predicted molar refractivity (Wildman–Crippen MR) is 86.5 cm³/mol. The Kier molecular flexibility index (Phi) is 4.52. The quantitative estimate of drug-likeness (QED) is 0.894. The second kappa shape index (κ2) is 6.36. The van der Waals surface area contributed by atoms with Gasteiger partial charge < -0.3 is 10.2 Å². The van der Waals surface area contributed by atoms with E-state index in [0.29, 0.717) is 0 Å². The second-order valence-electron chi connectivity index (χ2n) is 6.12. The normalized spacial score (nSPS) is 25.8. The van der Waals surface area contributed by atoms with E-state index in [-0.39, 0.29) is 0 Å². The lowest BCUT2D eigenvalue weighted by atomic mass is 9.85. The number of nitrogens with one attached hydrogen (secondary N) is 1. The number of hydrogen-bond donors (Lipinski definition) is 1. The molecule has 3 heteroatoms. The first-order valence-electron chi connectivity index (χ1n) is 8.06. The maximum atomic E-state index is 6.55. The number of para-hydroxylation sites is 1. The number of fused-ring (bicyclic) bond motifs is 1. The number of benzene rings is 1. The van der Waals surface area contributed by atoms with E-state index in [1.165, 1.54) is 49.9 Å². The zero-order valence-electron chi connectivity index (χ0n) is 12.4. The zero-order chi connectivity index (χ0) is 13.9. The third kappa shape index (κ3) is 2.68. The number of halogens is 1. The van der Waals surface area contributed by atoms with Crippen LogP contribution in [-0.2, 0) is 6.54 Å². The molecule has 2 atom stereocenters. The van der Waals surface area contributed by atoms with Gasteiger partial charge in [0.15, 0.2) is 0 Å². The SMILES string of the molecule is CCNCc1cccc(Cl)c1N1CCC2CCCCC21. The van der Waals surface area contributed by atoms with Crippen molar-refractivity contribution in [3.05, 3.63) is 28.8 Å². The lowest BCUT2D eigenvalue weighted by Gasteiger charge is -2.35. The van der Waals surface area contributed by atoms with Gasteiger partial charge in [-0.3, -0.25) is 0 Å². The molecule has 0 amide bonds. The van der Waals surface area contributed by atoms with Crippen molar-refractivity contribution >= 4 is 17.3 Å². The summed E-state index contributed by atoms with van der Waals surface area (Å²) >= 11 is 6.55. The fraction of sp³-hybridized carbons (Fsp3) is 0.647. The van der Waals surface area contributed by atoms with Crippen LogP contribution in [0.3, 0.4) is 0 Å². The molecule has 0 aromatic heterocycles. The van der Waals surface area contributed by atoms with Gasteiger partial charge in [-0.1, -0.05) is 43.5 Å². The van der Waals surface area contributed by atoms with Crippen LogP contribution in [0.15, 0.2) is 18.2 Å². The maximum Gasteiger partial charge on any atom is 0.0643 e. The van der Waals surface area contributed by atoms with E-state index in [0.717, 1.165) is 30.1 Å². The fourth-order valence-electron chi connectivity index (χ4n) is 3.97. The largest absolute Gasteiger partial charge is 0.367 e. The Labute approximate surface area is 127 Å². The predicted octanol–water partition coefficient (Wildman–Crippen LogP) is 4.22. The summed E-state index contributed by atoms with van der Waals surface area (Å²) in [6.45, 7) is 5.24. The van der Waals surface area contributed by atoms with Crippen LogP contribution < -0.4 is 10.2 Å². The molecular weight excluding hydrogens is 268 g/mol. The minimum atomic E-state index is 0.726. The van der Waals surface area contributed by atoms with Crippen LogP contribution in [0.1, 0.15) is 44.6 Å². The lowest BCUT2D eigenvalue weighted by molar-refractivity contribution is 0.342. The fourth-order valence-corrected chi connectivity index (χ4v) is 4.27. The van der Waals surface area contributed by atoms with E-state index in [1.54, 1.807) is 0 Å². The Balaban J connectivity index is 1.88. The van der Waals surface area contributed by atoms with Gasteiger partial charge in [0, 0.05) is 19.1 Å². The van der Waals surface area contributed by atoms with Gasteiger partial charge >= 0.3 is 0 Å². The van der Waals surface area contributed by atoms with Crippen LogP contribution in [0.4, 0.5) is 5.69 Å². The van der Waals surface area contributed by atoms with E-state index in [4.69, 9.17) is 11.6 Å². The topological polar surface area (TPSA) is 15.3 Å². The highest BCUT2D eigenvalue weighted by Gasteiger charge is 2.37. The van der Waals surface area contributed by atoms with E-state index >= 15 is 0 Å². The van der Waals surface area contributed by atoms with Gasteiger partial charge in [-0.25, -0.2) is 0 Å². The molecule has 2 aliphatic rings. The monoisotopic (exact) mass is 292 g/mol. The number of nitrogens with zero attached hydrogens (tertiary/aromatic N) is 1. The summed E-state index contributed by atoms with van der Waals surface area (Å²) < 4.78 is 0. The van der Waals surface area contributed by atoms with Crippen LogP contribution in [0, 0.1) is 5.92 Å². The smallest absolute Gasteiger partial charge is 0.0643 e. The summed E-state index contributed by atoms with van der Waals surface area (Å²) in [5.41, 5.74) is 2.65. The average molecular weight is 293 g/mol. The Bertz CT molecular complexity index is 460. The van der Waals surface area contributed by atoms with Crippen molar-refractivity contribution in [1.29, 1.82) is 0 Å². The summed E-state index contributed by atoms with van der Waals surface area (Å²) in [6.07, 6.45) is 6.90. The van der Waals surface area contributed by atoms with Gasteiger partial charge in [0.1, 0.15) is 0 Å². The van der Waals surface area contributed by atoms with Gasteiger partial charge in [-0.15, -0.1) is 0 Å². The van der Waals surface area contributed by atoms with Crippen molar-refractivity contribution in [2.24, 2.45) is 5.92 Å². The maximum absolute atomic E-state index is 6.55. The van der Waals surface area contributed by atoms with Gasteiger partial charge in [0.05, 0.1) is 10.7 Å². The Morgan fingerprint density at radius 2 is 2.10 bits per heavy atom. The van der Waals surface area contributed by atoms with Crippen molar-refractivity contribution in [3.8, 4) is 0 Å². The van der Waals surface area contributed by atoms with Crippen molar-refractivity contribution in [2.75, 3.05) is 18.0 Å². The molecule has 1 aliphatic carbocycles. The van der Waals surface area contributed by atoms with E-state index in [2.05, 4.69) is 29.3 Å². The highest BCUT2D eigenvalue weighted by atomic mass is 35.5. The Hall–Kier alpha value is -0.730. The molecule has 0 spiro atoms. The van der Waals surface area contributed by atoms with Crippen molar-refractivity contribution in [3.63, 3.8) is 0 Å². The Morgan fingerprint density at radius 1 is 1.25 bits per heavy atom. The van der Waals surface area contributed by atoms with Gasteiger partial charge in [0.25, 0.3) is 0 Å². The van der Waals surface area contributed by atoms with Crippen molar-refractivity contribution < 1.29 is 0 Å². The number of hydrogen-bond acceptors (Lipinski definition) is 2. The third-order valence-electron chi connectivity index (χ3n) is 4.93. The van der Waals surface area contributed by atoms with Gasteiger partial charge in [0.2, 0.25) is 0 Å². The summed E-state index contributed by atoms with van der Waals surface area (Å²) in [6, 6.07) is 7.07. The van der Waals surface area contributed by atoms with E-state index in [1.807, 2.05) is 6.07 Å². The molecule has 1 aromatic rings. The van der Waals surface area contributed by atoms with Crippen LogP contribution in [-0.4, -0.2) is 19.1 Å². The number of anilines is 1.